The Morgan fingerprint density at radius 1 is 0.660 bits per heavy atom. The quantitative estimate of drug-likeness (QED) is 0.0230. The molecule has 10 heteroatoms. The van der Waals surface area contributed by atoms with E-state index in [1.807, 2.05) is 66.7 Å². The average molecular weight is 729 g/mol. The van der Waals surface area contributed by atoms with Crippen LogP contribution >= 0.6 is 0 Å². The Balaban J connectivity index is 1.44. The van der Waals surface area contributed by atoms with Crippen molar-refractivity contribution in [1.82, 2.24) is 0 Å². The molecule has 4 aromatic carbocycles. The molecule has 0 fully saturated rings. The molecule has 4 rings (SSSR count). The largest absolute Gasteiger partial charge is 0.493 e. The van der Waals surface area contributed by atoms with E-state index in [1.54, 1.807) is 12.1 Å². The third kappa shape index (κ3) is 12.6. The number of unbranched alkanes of at least 4 members (excludes halogenated alkanes) is 4. The van der Waals surface area contributed by atoms with Gasteiger partial charge in [0.1, 0.15) is 42.9 Å². The van der Waals surface area contributed by atoms with Gasteiger partial charge < -0.3 is 39.0 Å². The highest BCUT2D eigenvalue weighted by molar-refractivity contribution is 5.87. The van der Waals surface area contributed by atoms with Gasteiger partial charge in [0, 0.05) is 22.8 Å². The van der Waals surface area contributed by atoms with E-state index in [-0.39, 0.29) is 44.2 Å². The minimum absolute atomic E-state index is 0.0134. The third-order valence-electron chi connectivity index (χ3n) is 8.37. The number of hydrogen-bond acceptors (Lipinski definition) is 9. The predicted molar refractivity (Wildman–Crippen MR) is 203 cm³/mol. The molecule has 53 heavy (non-hydrogen) atoms. The van der Waals surface area contributed by atoms with Crippen molar-refractivity contribution in [3.8, 4) is 50.6 Å². The second-order valence-corrected chi connectivity index (χ2v) is 12.4. The first-order valence-electron chi connectivity index (χ1n) is 17.8. The van der Waals surface area contributed by atoms with Gasteiger partial charge in [0.15, 0.2) is 6.29 Å². The lowest BCUT2D eigenvalue weighted by Gasteiger charge is -2.15. The van der Waals surface area contributed by atoms with Crippen molar-refractivity contribution in [1.29, 1.82) is 0 Å². The van der Waals surface area contributed by atoms with E-state index in [1.165, 1.54) is 12.5 Å². The fourth-order valence-corrected chi connectivity index (χ4v) is 5.32. The maximum atomic E-state index is 15.4. The zero-order valence-electron chi connectivity index (χ0n) is 30.2. The highest BCUT2D eigenvalue weighted by atomic mass is 19.1. The molecular formula is C43H49FO9. The lowest BCUT2D eigenvalue weighted by Crippen LogP contribution is -2.20. The van der Waals surface area contributed by atoms with Gasteiger partial charge in [-0.25, -0.2) is 9.18 Å². The number of aliphatic hydroxyl groups is 3. The fraction of sp³-hybridized carbons (Fsp3) is 0.326. The molecule has 3 N–H and O–H groups in total. The maximum Gasteiger partial charge on any atom is 0.335 e. The molecule has 0 heterocycles. The van der Waals surface area contributed by atoms with E-state index in [4.69, 9.17) is 33.9 Å². The van der Waals surface area contributed by atoms with Crippen molar-refractivity contribution in [3.05, 3.63) is 115 Å². The van der Waals surface area contributed by atoms with Crippen LogP contribution in [0.1, 0.15) is 39.0 Å². The minimum atomic E-state index is -1.23. The van der Waals surface area contributed by atoms with Gasteiger partial charge in [-0.2, -0.15) is 0 Å². The van der Waals surface area contributed by atoms with Gasteiger partial charge in [0.2, 0.25) is 0 Å². The first-order valence-corrected chi connectivity index (χ1v) is 17.8. The van der Waals surface area contributed by atoms with Crippen LogP contribution in [-0.4, -0.2) is 73.8 Å². The Kier molecular flexibility index (Phi) is 16.5. The summed E-state index contributed by atoms with van der Waals surface area (Å²) in [6, 6.07) is 26.1. The maximum absolute atomic E-state index is 15.4. The molecule has 4 aromatic rings. The van der Waals surface area contributed by atoms with Gasteiger partial charge >= 0.3 is 5.97 Å². The third-order valence-corrected chi connectivity index (χ3v) is 8.37. The number of aliphatic hydroxyl groups excluding tert-OH is 3. The molecule has 0 aliphatic carbocycles. The van der Waals surface area contributed by atoms with Crippen molar-refractivity contribution in [2.75, 3.05) is 46.2 Å². The van der Waals surface area contributed by atoms with Crippen molar-refractivity contribution in [3.63, 3.8) is 0 Å². The highest BCUT2D eigenvalue weighted by Crippen LogP contribution is 2.37. The van der Waals surface area contributed by atoms with E-state index in [0.717, 1.165) is 47.9 Å². The minimum Gasteiger partial charge on any atom is -0.493 e. The van der Waals surface area contributed by atoms with E-state index < -0.39 is 24.7 Å². The Bertz CT molecular complexity index is 1770. The van der Waals surface area contributed by atoms with Crippen LogP contribution in [0.2, 0.25) is 0 Å². The summed E-state index contributed by atoms with van der Waals surface area (Å²) in [6.07, 6.45) is 4.27. The molecule has 0 radical (unpaired) electrons. The van der Waals surface area contributed by atoms with Crippen LogP contribution in [0.4, 0.5) is 4.39 Å². The summed E-state index contributed by atoms with van der Waals surface area (Å²) in [6.45, 7) is 9.14. The van der Waals surface area contributed by atoms with Crippen LogP contribution in [0.25, 0.3) is 33.4 Å². The smallest absolute Gasteiger partial charge is 0.335 e. The van der Waals surface area contributed by atoms with Gasteiger partial charge in [-0.3, -0.25) is 0 Å². The number of carbonyl (C=O) groups excluding carboxylic acids is 1. The molecule has 0 spiro atoms. The summed E-state index contributed by atoms with van der Waals surface area (Å²) in [7, 11) is 0. The number of hydrogen-bond donors (Lipinski definition) is 3. The van der Waals surface area contributed by atoms with Crippen LogP contribution in [0.5, 0.6) is 17.2 Å². The van der Waals surface area contributed by atoms with Crippen LogP contribution in [-0.2, 0) is 14.3 Å². The summed E-state index contributed by atoms with van der Waals surface area (Å²) in [5, 5.41) is 27.7. The Morgan fingerprint density at radius 3 is 1.94 bits per heavy atom. The van der Waals surface area contributed by atoms with Crippen LogP contribution < -0.4 is 14.2 Å². The fourth-order valence-electron chi connectivity index (χ4n) is 5.32. The number of esters is 1. The standard InChI is InChI=1S/C43H49FO9/c1-4-5-6-7-8-21-51-41-26-35(38-20-18-37(27-40(38)44)50-23-25-53-43(48)31(3)29-46)15-19-39(41)34-11-9-32(10-12-34)33-13-16-36(17-14-33)49-22-24-52-42(47)30(2)28-45/h9-20,26-27,42,45-47H,2-8,21-25,28-29H2,1H3. The molecule has 0 aromatic heterocycles. The van der Waals surface area contributed by atoms with Crippen molar-refractivity contribution in [2.24, 2.45) is 0 Å². The van der Waals surface area contributed by atoms with Crippen LogP contribution in [0.3, 0.4) is 0 Å². The van der Waals surface area contributed by atoms with Crippen molar-refractivity contribution >= 4 is 5.97 Å². The summed E-state index contributed by atoms with van der Waals surface area (Å²) >= 11 is 0. The second-order valence-electron chi connectivity index (χ2n) is 12.4. The molecule has 0 amide bonds. The number of rotatable bonds is 23. The number of ether oxygens (including phenoxy) is 5. The molecule has 0 saturated carbocycles. The van der Waals surface area contributed by atoms with E-state index in [2.05, 4.69) is 20.1 Å². The Morgan fingerprint density at radius 2 is 1.26 bits per heavy atom. The molecule has 1 atom stereocenters. The monoisotopic (exact) mass is 728 g/mol. The van der Waals surface area contributed by atoms with Gasteiger partial charge in [-0.15, -0.1) is 0 Å². The molecule has 0 saturated heterocycles. The Hall–Kier alpha value is -5.00. The van der Waals surface area contributed by atoms with Crippen molar-refractivity contribution in [2.45, 2.75) is 45.3 Å². The normalized spacial score (nSPS) is 11.5. The predicted octanol–water partition coefficient (Wildman–Crippen LogP) is 7.91. The number of halogens is 1. The van der Waals surface area contributed by atoms with Crippen molar-refractivity contribution < 1.29 is 48.2 Å². The molecular weight excluding hydrogens is 679 g/mol. The van der Waals surface area contributed by atoms with Gasteiger partial charge in [0.05, 0.1) is 32.0 Å². The topological polar surface area (TPSA) is 124 Å². The summed E-state index contributed by atoms with van der Waals surface area (Å²) in [5.74, 6) is 0.430. The van der Waals surface area contributed by atoms with Crippen LogP contribution in [0, 0.1) is 5.82 Å². The van der Waals surface area contributed by atoms with E-state index in [9.17, 15) is 9.90 Å². The van der Waals surface area contributed by atoms with Gasteiger partial charge in [-0.05, 0) is 59.0 Å². The summed E-state index contributed by atoms with van der Waals surface area (Å²) in [4.78, 5) is 11.6. The van der Waals surface area contributed by atoms with Gasteiger partial charge in [0.25, 0.3) is 0 Å². The molecule has 0 aliphatic heterocycles. The average Bonchev–Trinajstić information content (AvgIpc) is 3.19. The second kappa shape index (κ2) is 21.5. The van der Waals surface area contributed by atoms with Gasteiger partial charge in [-0.1, -0.05) is 94.3 Å². The SMILES string of the molecule is C=C(CO)C(=O)OCCOc1ccc(-c2ccc(-c3ccc(-c4ccc(OCCOC(O)C(=C)CO)cc4)cc3)c(OCCCCCCC)c2)c(F)c1. The van der Waals surface area contributed by atoms with Crippen LogP contribution in [0.15, 0.2) is 109 Å². The lowest BCUT2D eigenvalue weighted by atomic mass is 9.97. The Labute approximate surface area is 310 Å². The molecule has 9 nitrogen and oxygen atoms in total. The highest BCUT2D eigenvalue weighted by Gasteiger charge is 2.14. The van der Waals surface area contributed by atoms with E-state index >= 15 is 4.39 Å². The first-order chi connectivity index (χ1) is 25.7. The lowest BCUT2D eigenvalue weighted by molar-refractivity contribution is -0.140. The number of benzene rings is 4. The van der Waals surface area contributed by atoms with E-state index in [0.29, 0.717) is 35.0 Å². The molecule has 1 unspecified atom stereocenters. The molecule has 0 bridgehead atoms. The summed E-state index contributed by atoms with van der Waals surface area (Å²) < 4.78 is 43.2. The zero-order valence-corrected chi connectivity index (χ0v) is 30.2. The summed E-state index contributed by atoms with van der Waals surface area (Å²) in [5.41, 5.74) is 5.06. The first kappa shape index (κ1) is 40.8. The zero-order chi connectivity index (χ0) is 38.0. The molecule has 282 valence electrons. The molecule has 0 aliphatic rings. The number of carbonyl (C=O) groups is 1.